The molecule has 1 unspecified atom stereocenters. The molecule has 1 aliphatic rings. The van der Waals surface area contributed by atoms with Crippen LogP contribution in [0.5, 0.6) is 0 Å². The maximum absolute atomic E-state index is 12.0. The third-order valence-corrected chi connectivity index (χ3v) is 3.25. The predicted molar refractivity (Wildman–Crippen MR) is 68.8 cm³/mol. The summed E-state index contributed by atoms with van der Waals surface area (Å²) >= 11 is 0. The van der Waals surface area contributed by atoms with Gasteiger partial charge in [0.05, 0.1) is 6.04 Å². The molecule has 1 aliphatic heterocycles. The summed E-state index contributed by atoms with van der Waals surface area (Å²) in [4.78, 5) is 14.0. The monoisotopic (exact) mass is 232 g/mol. The van der Waals surface area contributed by atoms with E-state index in [-0.39, 0.29) is 11.9 Å². The van der Waals surface area contributed by atoms with Gasteiger partial charge in [-0.05, 0) is 31.9 Å². The van der Waals surface area contributed by atoms with Crippen LogP contribution in [0.3, 0.4) is 0 Å². The number of hydrogen-bond acceptors (Lipinski definition) is 2. The molecule has 1 fully saturated rings. The van der Waals surface area contributed by atoms with Crippen molar-refractivity contribution in [3.8, 4) is 0 Å². The fourth-order valence-electron chi connectivity index (χ4n) is 2.19. The number of carbonyl (C=O) groups excluding carboxylic acids is 1. The number of rotatable bonds is 3. The average molecular weight is 232 g/mol. The van der Waals surface area contributed by atoms with Crippen molar-refractivity contribution in [3.63, 3.8) is 0 Å². The Labute approximate surface area is 103 Å². The molecule has 92 valence electrons. The van der Waals surface area contributed by atoms with E-state index in [1.165, 1.54) is 5.56 Å². The molecule has 0 radical (unpaired) electrons. The van der Waals surface area contributed by atoms with E-state index in [1.807, 2.05) is 30.0 Å². The fraction of sp³-hybridized carbons (Fsp3) is 0.500. The van der Waals surface area contributed by atoms with Crippen molar-refractivity contribution >= 4 is 5.91 Å². The van der Waals surface area contributed by atoms with Crippen molar-refractivity contribution in [3.05, 3.63) is 35.9 Å². The van der Waals surface area contributed by atoms with E-state index < -0.39 is 0 Å². The van der Waals surface area contributed by atoms with E-state index in [0.29, 0.717) is 0 Å². The van der Waals surface area contributed by atoms with E-state index in [0.717, 1.165) is 32.5 Å². The first kappa shape index (κ1) is 12.1. The molecule has 1 atom stereocenters. The van der Waals surface area contributed by atoms with Gasteiger partial charge in [0.15, 0.2) is 0 Å². The van der Waals surface area contributed by atoms with Crippen LogP contribution in [0.15, 0.2) is 30.3 Å². The number of amides is 1. The molecule has 1 N–H and O–H groups in total. The molecular weight excluding hydrogens is 212 g/mol. The summed E-state index contributed by atoms with van der Waals surface area (Å²) in [6, 6.07) is 10.3. The number of hydrogen-bond donors (Lipinski definition) is 1. The van der Waals surface area contributed by atoms with Crippen molar-refractivity contribution in [1.29, 1.82) is 0 Å². The maximum atomic E-state index is 12.0. The molecule has 1 aromatic rings. The van der Waals surface area contributed by atoms with Crippen LogP contribution in [0.1, 0.15) is 18.9 Å². The Balaban J connectivity index is 1.91. The Morgan fingerprint density at radius 1 is 1.35 bits per heavy atom. The van der Waals surface area contributed by atoms with Crippen LogP contribution >= 0.6 is 0 Å². The fourth-order valence-corrected chi connectivity index (χ4v) is 2.19. The molecule has 0 aliphatic carbocycles. The summed E-state index contributed by atoms with van der Waals surface area (Å²) in [5, 5.41) is 3.23. The van der Waals surface area contributed by atoms with Crippen LogP contribution in [-0.4, -0.2) is 36.5 Å². The molecule has 3 nitrogen and oxygen atoms in total. The zero-order valence-corrected chi connectivity index (χ0v) is 10.4. The minimum atomic E-state index is -0.0340. The van der Waals surface area contributed by atoms with Gasteiger partial charge in [0.1, 0.15) is 0 Å². The van der Waals surface area contributed by atoms with Crippen LogP contribution in [-0.2, 0) is 11.2 Å². The molecule has 0 saturated carbocycles. The zero-order valence-electron chi connectivity index (χ0n) is 10.4. The van der Waals surface area contributed by atoms with E-state index >= 15 is 0 Å². The molecule has 0 aromatic heterocycles. The average Bonchev–Trinajstić information content (AvgIpc) is 2.52. The van der Waals surface area contributed by atoms with E-state index in [1.54, 1.807) is 0 Å². The van der Waals surface area contributed by atoms with Gasteiger partial charge in [-0.3, -0.25) is 4.79 Å². The second kappa shape index (κ2) is 5.82. The molecule has 2 rings (SSSR count). The van der Waals surface area contributed by atoms with E-state index in [9.17, 15) is 4.79 Å². The van der Waals surface area contributed by atoms with Gasteiger partial charge in [-0.2, -0.15) is 0 Å². The summed E-state index contributed by atoms with van der Waals surface area (Å²) in [5.41, 5.74) is 1.30. The minimum absolute atomic E-state index is 0.0340. The van der Waals surface area contributed by atoms with Gasteiger partial charge >= 0.3 is 0 Å². The molecule has 1 heterocycles. The van der Waals surface area contributed by atoms with Crippen LogP contribution < -0.4 is 5.32 Å². The van der Waals surface area contributed by atoms with Gasteiger partial charge in [-0.25, -0.2) is 0 Å². The molecule has 0 bridgehead atoms. The van der Waals surface area contributed by atoms with Gasteiger partial charge in [0, 0.05) is 13.1 Å². The summed E-state index contributed by atoms with van der Waals surface area (Å²) in [6.45, 7) is 4.59. The van der Waals surface area contributed by atoms with Gasteiger partial charge in [-0.15, -0.1) is 0 Å². The lowest BCUT2D eigenvalue weighted by Gasteiger charge is -2.22. The largest absolute Gasteiger partial charge is 0.341 e. The Morgan fingerprint density at radius 3 is 2.88 bits per heavy atom. The Hall–Kier alpha value is -1.35. The second-order valence-corrected chi connectivity index (χ2v) is 4.59. The highest BCUT2D eigenvalue weighted by Gasteiger charge is 2.22. The van der Waals surface area contributed by atoms with Crippen molar-refractivity contribution in [2.45, 2.75) is 25.8 Å². The van der Waals surface area contributed by atoms with Crippen molar-refractivity contribution in [2.24, 2.45) is 0 Å². The third kappa shape index (κ3) is 3.30. The first-order chi connectivity index (χ1) is 8.27. The van der Waals surface area contributed by atoms with Crippen molar-refractivity contribution < 1.29 is 4.79 Å². The molecule has 17 heavy (non-hydrogen) atoms. The van der Waals surface area contributed by atoms with Gasteiger partial charge in [-0.1, -0.05) is 30.3 Å². The zero-order chi connectivity index (χ0) is 12.1. The number of carbonyl (C=O) groups is 1. The minimum Gasteiger partial charge on any atom is -0.341 e. The SMILES string of the molecule is CC1NCCCN(CCc2ccccc2)C1=O. The number of nitrogens with one attached hydrogen (secondary N) is 1. The maximum Gasteiger partial charge on any atom is 0.239 e. The van der Waals surface area contributed by atoms with E-state index in [2.05, 4.69) is 17.4 Å². The lowest BCUT2D eigenvalue weighted by Crippen LogP contribution is -2.42. The molecule has 1 saturated heterocycles. The molecule has 1 amide bonds. The Bertz CT molecular complexity index is 364. The summed E-state index contributed by atoms with van der Waals surface area (Å²) in [6.07, 6.45) is 1.99. The van der Waals surface area contributed by atoms with Crippen molar-refractivity contribution in [2.75, 3.05) is 19.6 Å². The quantitative estimate of drug-likeness (QED) is 0.855. The van der Waals surface area contributed by atoms with Crippen LogP contribution in [0.4, 0.5) is 0 Å². The molecule has 0 spiro atoms. The topological polar surface area (TPSA) is 32.3 Å². The van der Waals surface area contributed by atoms with Gasteiger partial charge < -0.3 is 10.2 Å². The first-order valence-corrected chi connectivity index (χ1v) is 6.33. The smallest absolute Gasteiger partial charge is 0.239 e. The normalized spacial score (nSPS) is 21.4. The summed E-state index contributed by atoms with van der Waals surface area (Å²) in [7, 11) is 0. The summed E-state index contributed by atoms with van der Waals surface area (Å²) in [5.74, 6) is 0.235. The standard InChI is InChI=1S/C14H20N2O/c1-12-14(17)16(10-5-9-15-12)11-8-13-6-3-2-4-7-13/h2-4,6-7,12,15H,5,8-11H2,1H3. The Kier molecular flexibility index (Phi) is 4.15. The highest BCUT2D eigenvalue weighted by Crippen LogP contribution is 2.06. The highest BCUT2D eigenvalue weighted by molar-refractivity contribution is 5.81. The van der Waals surface area contributed by atoms with Crippen LogP contribution in [0.25, 0.3) is 0 Å². The highest BCUT2D eigenvalue weighted by atomic mass is 16.2. The summed E-state index contributed by atoms with van der Waals surface area (Å²) < 4.78 is 0. The van der Waals surface area contributed by atoms with Gasteiger partial charge in [0.25, 0.3) is 0 Å². The number of benzene rings is 1. The second-order valence-electron chi connectivity index (χ2n) is 4.59. The van der Waals surface area contributed by atoms with Crippen LogP contribution in [0, 0.1) is 0 Å². The van der Waals surface area contributed by atoms with Crippen molar-refractivity contribution in [1.82, 2.24) is 10.2 Å². The molecule has 1 aromatic carbocycles. The molecule has 3 heteroatoms. The lowest BCUT2D eigenvalue weighted by atomic mass is 10.1. The molecular formula is C14H20N2O. The van der Waals surface area contributed by atoms with Crippen LogP contribution in [0.2, 0.25) is 0 Å². The third-order valence-electron chi connectivity index (χ3n) is 3.25. The first-order valence-electron chi connectivity index (χ1n) is 6.33. The van der Waals surface area contributed by atoms with E-state index in [4.69, 9.17) is 0 Å². The number of nitrogens with zero attached hydrogens (tertiary/aromatic N) is 1. The lowest BCUT2D eigenvalue weighted by molar-refractivity contribution is -0.132. The predicted octanol–water partition coefficient (Wildman–Crippen LogP) is 1.44. The Morgan fingerprint density at radius 2 is 2.12 bits per heavy atom. The van der Waals surface area contributed by atoms with Gasteiger partial charge in [0.2, 0.25) is 5.91 Å².